The smallest absolute Gasteiger partial charge is 0.262 e. The van der Waals surface area contributed by atoms with Gasteiger partial charge in [-0.05, 0) is 43.5 Å². The second-order valence-corrected chi connectivity index (χ2v) is 8.37. The number of benzene rings is 2. The number of carbonyl (C=O) groups excluding carboxylic acids is 4. The van der Waals surface area contributed by atoms with Crippen molar-refractivity contribution in [2.45, 2.75) is 19.8 Å². The lowest BCUT2D eigenvalue weighted by atomic mass is 10.1. The standard InChI is InChI=1S/C22H19Cl2N3O4/c1-12-5-4-6-13(20(29)26-7-2-3-8-26)19(12)25-18(28)11-27-21(30)14-9-16(23)17(24)10-15(14)22(27)31/h4-6,9-10H,2-3,7-8,11H2,1H3,(H,25,28). The van der Waals surface area contributed by atoms with E-state index in [2.05, 4.69) is 5.32 Å². The van der Waals surface area contributed by atoms with Gasteiger partial charge in [-0.25, -0.2) is 0 Å². The third-order valence-corrected chi connectivity index (χ3v) is 6.20. The predicted octanol–water partition coefficient (Wildman–Crippen LogP) is 3.77. The zero-order chi connectivity index (χ0) is 22.3. The van der Waals surface area contributed by atoms with Crippen LogP contribution in [0.25, 0.3) is 0 Å². The molecule has 0 saturated carbocycles. The fourth-order valence-corrected chi connectivity index (χ4v) is 4.18. The SMILES string of the molecule is Cc1cccc(C(=O)N2CCCC2)c1NC(=O)CN1C(=O)c2cc(Cl)c(Cl)cc2C1=O. The minimum absolute atomic E-state index is 0.105. The van der Waals surface area contributed by atoms with Crippen molar-refractivity contribution in [1.29, 1.82) is 0 Å². The van der Waals surface area contributed by atoms with Gasteiger partial charge in [0.05, 0.1) is 32.4 Å². The van der Waals surface area contributed by atoms with Gasteiger partial charge in [0.15, 0.2) is 0 Å². The number of hydrogen-bond acceptors (Lipinski definition) is 4. The first kappa shape index (κ1) is 21.3. The molecule has 0 atom stereocenters. The number of imide groups is 1. The first-order valence-electron chi connectivity index (χ1n) is 9.82. The lowest BCUT2D eigenvalue weighted by molar-refractivity contribution is -0.116. The number of halogens is 2. The molecule has 2 aromatic rings. The highest BCUT2D eigenvalue weighted by atomic mass is 35.5. The number of aryl methyl sites for hydroxylation is 1. The summed E-state index contributed by atoms with van der Waals surface area (Å²) >= 11 is 11.9. The van der Waals surface area contributed by atoms with Crippen molar-refractivity contribution in [3.63, 3.8) is 0 Å². The van der Waals surface area contributed by atoms with Gasteiger partial charge in [0.25, 0.3) is 17.7 Å². The zero-order valence-corrected chi connectivity index (χ0v) is 18.2. The van der Waals surface area contributed by atoms with Crippen LogP contribution in [0.15, 0.2) is 30.3 Å². The summed E-state index contributed by atoms with van der Waals surface area (Å²) < 4.78 is 0. The Labute approximate surface area is 188 Å². The van der Waals surface area contributed by atoms with Gasteiger partial charge in [0, 0.05) is 13.1 Å². The highest BCUT2D eigenvalue weighted by Crippen LogP contribution is 2.31. The van der Waals surface area contributed by atoms with Crippen molar-refractivity contribution in [1.82, 2.24) is 9.80 Å². The number of para-hydroxylation sites is 1. The van der Waals surface area contributed by atoms with Crippen LogP contribution in [0.3, 0.4) is 0 Å². The van der Waals surface area contributed by atoms with E-state index in [4.69, 9.17) is 23.2 Å². The van der Waals surface area contributed by atoms with Crippen LogP contribution in [-0.4, -0.2) is 53.1 Å². The number of carbonyl (C=O) groups is 4. The van der Waals surface area contributed by atoms with Crippen molar-refractivity contribution in [3.05, 3.63) is 62.6 Å². The Morgan fingerprint density at radius 3 is 2.16 bits per heavy atom. The molecule has 0 radical (unpaired) electrons. The number of hydrogen-bond donors (Lipinski definition) is 1. The molecule has 1 fully saturated rings. The lowest BCUT2D eigenvalue weighted by Gasteiger charge is -2.20. The monoisotopic (exact) mass is 459 g/mol. The number of likely N-dealkylation sites (tertiary alicyclic amines) is 1. The van der Waals surface area contributed by atoms with Crippen LogP contribution in [0.1, 0.15) is 49.5 Å². The molecule has 0 bridgehead atoms. The fourth-order valence-electron chi connectivity index (χ4n) is 3.85. The second kappa shape index (κ2) is 8.32. The lowest BCUT2D eigenvalue weighted by Crippen LogP contribution is -2.38. The van der Waals surface area contributed by atoms with Gasteiger partial charge in [0.2, 0.25) is 5.91 Å². The molecular weight excluding hydrogens is 441 g/mol. The van der Waals surface area contributed by atoms with Crippen molar-refractivity contribution >= 4 is 52.5 Å². The summed E-state index contributed by atoms with van der Waals surface area (Å²) in [4.78, 5) is 53.5. The molecule has 9 heteroatoms. The molecule has 4 rings (SSSR count). The fraction of sp³-hybridized carbons (Fsp3) is 0.273. The molecule has 0 aromatic heterocycles. The van der Waals surface area contributed by atoms with Crippen LogP contribution in [0.5, 0.6) is 0 Å². The highest BCUT2D eigenvalue weighted by Gasteiger charge is 2.37. The first-order chi connectivity index (χ1) is 14.8. The van der Waals surface area contributed by atoms with Crippen molar-refractivity contribution < 1.29 is 19.2 Å². The minimum atomic E-state index is -0.619. The van der Waals surface area contributed by atoms with E-state index in [1.807, 2.05) is 0 Å². The summed E-state index contributed by atoms with van der Waals surface area (Å²) in [5.74, 6) is -1.98. The molecule has 0 unspecified atom stereocenters. The predicted molar refractivity (Wildman–Crippen MR) is 117 cm³/mol. The van der Waals surface area contributed by atoms with Crippen molar-refractivity contribution in [3.8, 4) is 0 Å². The van der Waals surface area contributed by atoms with E-state index < -0.39 is 24.3 Å². The van der Waals surface area contributed by atoms with Crippen LogP contribution >= 0.6 is 23.2 Å². The van der Waals surface area contributed by atoms with Crippen LogP contribution < -0.4 is 5.32 Å². The van der Waals surface area contributed by atoms with Gasteiger partial charge in [-0.1, -0.05) is 35.3 Å². The zero-order valence-electron chi connectivity index (χ0n) is 16.7. The van der Waals surface area contributed by atoms with E-state index in [0.29, 0.717) is 29.9 Å². The summed E-state index contributed by atoms with van der Waals surface area (Å²) in [5.41, 5.74) is 1.68. The Kier molecular flexibility index (Phi) is 5.73. The third-order valence-electron chi connectivity index (χ3n) is 5.47. The van der Waals surface area contributed by atoms with Crippen LogP contribution in [0.2, 0.25) is 10.0 Å². The number of amides is 4. The number of nitrogens with one attached hydrogen (secondary N) is 1. The van der Waals surface area contributed by atoms with Crippen molar-refractivity contribution in [2.24, 2.45) is 0 Å². The van der Waals surface area contributed by atoms with E-state index >= 15 is 0 Å². The molecule has 2 aliphatic heterocycles. The van der Waals surface area contributed by atoms with Gasteiger partial charge in [-0.2, -0.15) is 0 Å². The Bertz CT molecular complexity index is 1080. The molecule has 7 nitrogen and oxygen atoms in total. The van der Waals surface area contributed by atoms with E-state index in [1.54, 1.807) is 30.0 Å². The van der Waals surface area contributed by atoms with Gasteiger partial charge in [0.1, 0.15) is 6.54 Å². The maximum Gasteiger partial charge on any atom is 0.262 e. The average molecular weight is 460 g/mol. The number of nitrogens with zero attached hydrogens (tertiary/aromatic N) is 2. The van der Waals surface area contributed by atoms with Gasteiger partial charge >= 0.3 is 0 Å². The van der Waals surface area contributed by atoms with Crippen LogP contribution in [-0.2, 0) is 4.79 Å². The summed E-state index contributed by atoms with van der Waals surface area (Å²) in [7, 11) is 0. The summed E-state index contributed by atoms with van der Waals surface area (Å²) in [5, 5.41) is 3.02. The topological polar surface area (TPSA) is 86.8 Å². The van der Waals surface area contributed by atoms with Gasteiger partial charge in [-0.3, -0.25) is 24.1 Å². The van der Waals surface area contributed by atoms with E-state index in [0.717, 1.165) is 17.7 Å². The molecule has 2 aliphatic rings. The van der Waals surface area contributed by atoms with E-state index in [1.165, 1.54) is 12.1 Å². The van der Waals surface area contributed by atoms with Crippen LogP contribution in [0, 0.1) is 6.92 Å². The molecule has 160 valence electrons. The Morgan fingerprint density at radius 2 is 1.58 bits per heavy atom. The normalized spacial score (nSPS) is 15.5. The molecule has 0 aliphatic carbocycles. The number of rotatable bonds is 4. The number of anilines is 1. The summed E-state index contributed by atoms with van der Waals surface area (Å²) in [6.45, 7) is 2.65. The van der Waals surface area contributed by atoms with Crippen LogP contribution in [0.4, 0.5) is 5.69 Å². The second-order valence-electron chi connectivity index (χ2n) is 7.55. The molecule has 0 spiro atoms. The summed E-state index contributed by atoms with van der Waals surface area (Å²) in [6, 6.07) is 7.85. The molecule has 2 heterocycles. The molecular formula is C22H19Cl2N3O4. The van der Waals surface area contributed by atoms with Gasteiger partial charge < -0.3 is 10.2 Å². The molecule has 2 aromatic carbocycles. The van der Waals surface area contributed by atoms with E-state index in [-0.39, 0.29) is 27.1 Å². The Hall–Kier alpha value is -2.90. The Morgan fingerprint density at radius 1 is 1.00 bits per heavy atom. The third kappa shape index (κ3) is 3.91. The molecule has 31 heavy (non-hydrogen) atoms. The minimum Gasteiger partial charge on any atom is -0.339 e. The first-order valence-corrected chi connectivity index (χ1v) is 10.6. The van der Waals surface area contributed by atoms with Crippen molar-refractivity contribution in [2.75, 3.05) is 25.0 Å². The molecule has 1 saturated heterocycles. The van der Waals surface area contributed by atoms with Gasteiger partial charge in [-0.15, -0.1) is 0 Å². The molecule has 1 N–H and O–H groups in total. The number of fused-ring (bicyclic) bond motifs is 1. The Balaban J connectivity index is 1.54. The highest BCUT2D eigenvalue weighted by molar-refractivity contribution is 6.43. The largest absolute Gasteiger partial charge is 0.339 e. The maximum atomic E-state index is 12.9. The molecule has 4 amide bonds. The maximum absolute atomic E-state index is 12.9. The summed E-state index contributed by atoms with van der Waals surface area (Å²) in [6.07, 6.45) is 1.90. The quantitative estimate of drug-likeness (QED) is 0.704. The van der Waals surface area contributed by atoms with E-state index in [9.17, 15) is 19.2 Å². The average Bonchev–Trinajstić information content (AvgIpc) is 3.34.